The summed E-state index contributed by atoms with van der Waals surface area (Å²) < 4.78 is 0. The summed E-state index contributed by atoms with van der Waals surface area (Å²) in [5.41, 5.74) is 8.64. The molecule has 122 valence electrons. The third-order valence-electron chi connectivity index (χ3n) is 6.45. The van der Waals surface area contributed by atoms with Crippen molar-refractivity contribution in [2.75, 3.05) is 19.6 Å². The van der Waals surface area contributed by atoms with Crippen LogP contribution in [0.2, 0.25) is 0 Å². The van der Waals surface area contributed by atoms with Gasteiger partial charge in [0, 0.05) is 25.7 Å². The van der Waals surface area contributed by atoms with Gasteiger partial charge in [0.15, 0.2) is 0 Å². The van der Waals surface area contributed by atoms with Gasteiger partial charge in [0.2, 0.25) is 0 Å². The van der Waals surface area contributed by atoms with Crippen molar-refractivity contribution in [3.63, 3.8) is 0 Å². The van der Waals surface area contributed by atoms with E-state index in [0.29, 0.717) is 22.8 Å². The topological polar surface area (TPSA) is 29.3 Å². The van der Waals surface area contributed by atoms with Crippen LogP contribution in [0.4, 0.5) is 0 Å². The maximum Gasteiger partial charge on any atom is 0.0166 e. The zero-order chi connectivity index (χ0) is 15.8. The van der Waals surface area contributed by atoms with E-state index in [4.69, 9.17) is 5.73 Å². The molecule has 0 saturated heterocycles. The molecule has 0 spiro atoms. The number of rotatable bonds is 2. The molecule has 2 aliphatic rings. The van der Waals surface area contributed by atoms with Crippen molar-refractivity contribution in [3.8, 4) is 0 Å². The predicted octanol–water partition coefficient (Wildman–Crippen LogP) is 4.06. The normalized spacial score (nSPS) is 34.6. The Labute approximate surface area is 132 Å². The fraction of sp³-hybridized carbons (Fsp3) is 0.895. The van der Waals surface area contributed by atoms with Crippen molar-refractivity contribution >= 4 is 0 Å². The minimum absolute atomic E-state index is 0.345. The Morgan fingerprint density at radius 1 is 1.29 bits per heavy atom. The van der Waals surface area contributed by atoms with E-state index in [1.807, 2.05) is 0 Å². The van der Waals surface area contributed by atoms with E-state index in [-0.39, 0.29) is 0 Å². The van der Waals surface area contributed by atoms with Crippen LogP contribution < -0.4 is 5.73 Å². The molecule has 1 aliphatic heterocycles. The molecular formula is C19H36N2. The second kappa shape index (κ2) is 6.04. The monoisotopic (exact) mass is 292 g/mol. The van der Waals surface area contributed by atoms with Gasteiger partial charge in [-0.25, -0.2) is 0 Å². The number of hydrogen-bond acceptors (Lipinski definition) is 2. The average Bonchev–Trinajstić information content (AvgIpc) is 2.40. The highest BCUT2D eigenvalue weighted by Gasteiger charge is 2.42. The summed E-state index contributed by atoms with van der Waals surface area (Å²) in [6, 6.07) is 0.394. The van der Waals surface area contributed by atoms with E-state index < -0.39 is 0 Å². The van der Waals surface area contributed by atoms with Crippen LogP contribution in [0.5, 0.6) is 0 Å². The molecule has 0 amide bonds. The molecule has 1 aliphatic carbocycles. The van der Waals surface area contributed by atoms with Crippen LogP contribution in [0.25, 0.3) is 0 Å². The van der Waals surface area contributed by atoms with E-state index in [9.17, 15) is 0 Å². The summed E-state index contributed by atoms with van der Waals surface area (Å²) >= 11 is 0. The first kappa shape index (κ1) is 17.0. The van der Waals surface area contributed by atoms with Crippen molar-refractivity contribution < 1.29 is 0 Å². The second-order valence-electron chi connectivity index (χ2n) is 9.04. The lowest BCUT2D eigenvalue weighted by Crippen LogP contribution is -2.50. The van der Waals surface area contributed by atoms with Gasteiger partial charge in [0.25, 0.3) is 0 Å². The Morgan fingerprint density at radius 3 is 2.48 bits per heavy atom. The zero-order valence-electron chi connectivity index (χ0n) is 15.1. The van der Waals surface area contributed by atoms with Gasteiger partial charge in [-0.3, -0.25) is 4.90 Å². The molecule has 1 heterocycles. The van der Waals surface area contributed by atoms with Gasteiger partial charge in [-0.15, -0.1) is 0 Å². The first-order valence-corrected chi connectivity index (χ1v) is 8.80. The second-order valence-corrected chi connectivity index (χ2v) is 9.04. The molecule has 1 fully saturated rings. The van der Waals surface area contributed by atoms with Crippen LogP contribution in [0, 0.1) is 22.7 Å². The molecule has 2 rings (SSSR count). The maximum atomic E-state index is 6.29. The Bertz CT molecular complexity index is 389. The molecule has 21 heavy (non-hydrogen) atoms. The van der Waals surface area contributed by atoms with E-state index >= 15 is 0 Å². The quantitative estimate of drug-likeness (QED) is 0.778. The van der Waals surface area contributed by atoms with E-state index in [2.05, 4.69) is 52.5 Å². The molecule has 0 aromatic heterocycles. The van der Waals surface area contributed by atoms with Gasteiger partial charge >= 0.3 is 0 Å². The summed E-state index contributed by atoms with van der Waals surface area (Å²) in [5.74, 6) is 1.42. The third kappa shape index (κ3) is 3.71. The smallest absolute Gasteiger partial charge is 0.0166 e. The first-order chi connectivity index (χ1) is 9.62. The summed E-state index contributed by atoms with van der Waals surface area (Å²) in [6.07, 6.45) is 6.22. The van der Waals surface area contributed by atoms with Gasteiger partial charge in [-0.1, -0.05) is 53.2 Å². The van der Waals surface area contributed by atoms with Crippen LogP contribution in [-0.4, -0.2) is 30.6 Å². The fourth-order valence-electron chi connectivity index (χ4n) is 4.14. The lowest BCUT2D eigenvalue weighted by molar-refractivity contribution is 0.0299. The minimum atomic E-state index is 0.345. The van der Waals surface area contributed by atoms with Crippen molar-refractivity contribution in [3.05, 3.63) is 11.6 Å². The van der Waals surface area contributed by atoms with Crippen LogP contribution in [0.1, 0.15) is 60.8 Å². The van der Waals surface area contributed by atoms with Crippen molar-refractivity contribution in [1.29, 1.82) is 0 Å². The predicted molar refractivity (Wildman–Crippen MR) is 92.2 cm³/mol. The highest BCUT2D eigenvalue weighted by molar-refractivity contribution is 5.14. The molecule has 0 aromatic rings. The molecule has 3 unspecified atom stereocenters. The number of hydrogen-bond donors (Lipinski definition) is 1. The van der Waals surface area contributed by atoms with E-state index in [1.54, 1.807) is 5.57 Å². The first-order valence-electron chi connectivity index (χ1n) is 8.80. The SMILES string of the molecule is CC1C(N)CCC(CN2CC=C(C(C)(C)C)CC2)C1(C)C. The van der Waals surface area contributed by atoms with E-state index in [0.717, 1.165) is 12.5 Å². The van der Waals surface area contributed by atoms with Crippen molar-refractivity contribution in [2.45, 2.75) is 66.8 Å². The molecule has 2 heteroatoms. The van der Waals surface area contributed by atoms with Crippen molar-refractivity contribution in [2.24, 2.45) is 28.4 Å². The average molecular weight is 293 g/mol. The fourth-order valence-corrected chi connectivity index (χ4v) is 4.14. The maximum absolute atomic E-state index is 6.29. The van der Waals surface area contributed by atoms with Gasteiger partial charge < -0.3 is 5.73 Å². The summed E-state index contributed by atoms with van der Waals surface area (Å²) in [5, 5.41) is 0. The van der Waals surface area contributed by atoms with E-state index in [1.165, 1.54) is 32.4 Å². The summed E-state index contributed by atoms with van der Waals surface area (Å²) in [6.45, 7) is 17.8. The minimum Gasteiger partial charge on any atom is -0.327 e. The van der Waals surface area contributed by atoms with Gasteiger partial charge in [0.05, 0.1) is 0 Å². The largest absolute Gasteiger partial charge is 0.327 e. The molecule has 3 atom stereocenters. The zero-order valence-corrected chi connectivity index (χ0v) is 15.1. The highest BCUT2D eigenvalue weighted by atomic mass is 15.1. The summed E-state index contributed by atoms with van der Waals surface area (Å²) in [4.78, 5) is 2.66. The van der Waals surface area contributed by atoms with Crippen LogP contribution in [0.3, 0.4) is 0 Å². The molecule has 0 radical (unpaired) electrons. The summed E-state index contributed by atoms with van der Waals surface area (Å²) in [7, 11) is 0. The van der Waals surface area contributed by atoms with Crippen LogP contribution >= 0.6 is 0 Å². The number of nitrogens with zero attached hydrogens (tertiary/aromatic N) is 1. The Balaban J connectivity index is 1.96. The Morgan fingerprint density at radius 2 is 1.95 bits per heavy atom. The molecular weight excluding hydrogens is 256 g/mol. The van der Waals surface area contributed by atoms with Crippen LogP contribution in [0.15, 0.2) is 11.6 Å². The van der Waals surface area contributed by atoms with Gasteiger partial charge in [0.1, 0.15) is 0 Å². The lowest BCUT2D eigenvalue weighted by atomic mass is 9.61. The Hall–Kier alpha value is -0.340. The molecule has 0 bridgehead atoms. The standard InChI is InChI=1S/C19H36N2/c1-14-17(20)8-7-16(19(14,5)6)13-21-11-9-15(10-12-21)18(2,3)4/h9,14,16-17H,7-8,10-13,20H2,1-6H3. The molecule has 1 saturated carbocycles. The number of nitrogens with two attached hydrogens (primary N) is 1. The molecule has 2 N–H and O–H groups in total. The van der Waals surface area contributed by atoms with Crippen LogP contribution in [-0.2, 0) is 0 Å². The van der Waals surface area contributed by atoms with Crippen molar-refractivity contribution in [1.82, 2.24) is 4.90 Å². The molecule has 0 aromatic carbocycles. The Kier molecular flexibility index (Phi) is 4.90. The van der Waals surface area contributed by atoms with Gasteiger partial charge in [-0.2, -0.15) is 0 Å². The highest BCUT2D eigenvalue weighted by Crippen LogP contribution is 2.45. The lowest BCUT2D eigenvalue weighted by Gasteiger charge is -2.48. The third-order valence-corrected chi connectivity index (χ3v) is 6.45. The molecule has 2 nitrogen and oxygen atoms in total. The van der Waals surface area contributed by atoms with Gasteiger partial charge in [-0.05, 0) is 41.9 Å².